The first-order valence-electron chi connectivity index (χ1n) is 7.49. The molecule has 0 amide bonds. The lowest BCUT2D eigenvalue weighted by Gasteiger charge is -2.22. The first-order valence-corrected chi connectivity index (χ1v) is 7.49. The van der Waals surface area contributed by atoms with Crippen molar-refractivity contribution in [2.75, 3.05) is 19.8 Å². The Hall–Kier alpha value is -1.19. The number of Topliss-reactive ketones (excluding diaryl/α,β-unsaturated/α-hetero) is 1. The van der Waals surface area contributed by atoms with E-state index in [4.69, 9.17) is 9.47 Å². The zero-order chi connectivity index (χ0) is 14.4. The molecule has 1 saturated heterocycles. The van der Waals surface area contributed by atoms with E-state index in [0.717, 1.165) is 25.0 Å². The molecular formula is C17H24O3. The summed E-state index contributed by atoms with van der Waals surface area (Å²) in [4.78, 5) is 12.0. The Kier molecular flexibility index (Phi) is 5.74. The molecule has 0 bridgehead atoms. The Morgan fingerprint density at radius 3 is 2.65 bits per heavy atom. The number of carbonyl (C=O) groups excluding carboxylic acids is 1. The monoisotopic (exact) mass is 276 g/mol. The van der Waals surface area contributed by atoms with Crippen LogP contribution in [0.15, 0.2) is 24.3 Å². The topological polar surface area (TPSA) is 35.5 Å². The molecule has 0 N–H and O–H groups in total. The number of ketones is 1. The molecule has 3 heteroatoms. The fourth-order valence-electron chi connectivity index (χ4n) is 2.36. The quantitative estimate of drug-likeness (QED) is 0.745. The van der Waals surface area contributed by atoms with Crippen molar-refractivity contribution in [3.63, 3.8) is 0 Å². The normalized spacial score (nSPS) is 19.2. The van der Waals surface area contributed by atoms with Gasteiger partial charge in [-0.3, -0.25) is 4.79 Å². The highest BCUT2D eigenvalue weighted by atomic mass is 16.5. The smallest absolute Gasteiger partial charge is 0.188 e. The summed E-state index contributed by atoms with van der Waals surface area (Å²) in [7, 11) is 0. The van der Waals surface area contributed by atoms with Gasteiger partial charge in [0, 0.05) is 12.2 Å². The average molecular weight is 276 g/mol. The van der Waals surface area contributed by atoms with Crippen molar-refractivity contribution >= 4 is 5.78 Å². The predicted octanol–water partition coefficient (Wildman–Crippen LogP) is 3.58. The van der Waals surface area contributed by atoms with Crippen molar-refractivity contribution < 1.29 is 14.3 Å². The van der Waals surface area contributed by atoms with Crippen LogP contribution in [0.1, 0.15) is 54.9 Å². The van der Waals surface area contributed by atoms with Crippen molar-refractivity contribution in [3.8, 4) is 0 Å². The van der Waals surface area contributed by atoms with Crippen LogP contribution in [0, 0.1) is 0 Å². The lowest BCUT2D eigenvalue weighted by Crippen LogP contribution is -2.25. The molecule has 1 unspecified atom stereocenters. The van der Waals surface area contributed by atoms with Crippen molar-refractivity contribution in [1.29, 1.82) is 0 Å². The molecule has 0 spiro atoms. The summed E-state index contributed by atoms with van der Waals surface area (Å²) < 4.78 is 11.1. The Balaban J connectivity index is 1.76. The molecule has 1 aliphatic rings. The van der Waals surface area contributed by atoms with Gasteiger partial charge in [-0.05, 0) is 30.7 Å². The van der Waals surface area contributed by atoms with E-state index < -0.39 is 0 Å². The second-order valence-electron chi connectivity index (χ2n) is 5.70. The van der Waals surface area contributed by atoms with Gasteiger partial charge in [-0.15, -0.1) is 0 Å². The molecule has 2 rings (SSSR count). The van der Waals surface area contributed by atoms with Gasteiger partial charge in [0.2, 0.25) is 0 Å². The third-order valence-electron chi connectivity index (χ3n) is 3.71. The minimum Gasteiger partial charge on any atom is -0.376 e. The van der Waals surface area contributed by atoms with Gasteiger partial charge in [-0.25, -0.2) is 0 Å². The third kappa shape index (κ3) is 4.43. The summed E-state index contributed by atoms with van der Waals surface area (Å²) in [6.07, 6.45) is 3.54. The zero-order valence-electron chi connectivity index (χ0n) is 12.4. The molecule has 0 saturated carbocycles. The van der Waals surface area contributed by atoms with Crippen LogP contribution in [0.3, 0.4) is 0 Å². The minimum absolute atomic E-state index is 0.0381. The van der Waals surface area contributed by atoms with Crippen LogP contribution < -0.4 is 0 Å². The summed E-state index contributed by atoms with van der Waals surface area (Å²) in [6.45, 7) is 5.77. The number of hydrogen-bond donors (Lipinski definition) is 0. The number of hydrogen-bond acceptors (Lipinski definition) is 3. The van der Waals surface area contributed by atoms with E-state index >= 15 is 0 Å². The maximum absolute atomic E-state index is 12.0. The van der Waals surface area contributed by atoms with Gasteiger partial charge >= 0.3 is 0 Å². The molecule has 0 aliphatic carbocycles. The molecular weight excluding hydrogens is 252 g/mol. The van der Waals surface area contributed by atoms with E-state index in [0.29, 0.717) is 12.5 Å². The average Bonchev–Trinajstić information content (AvgIpc) is 2.48. The highest BCUT2D eigenvalue weighted by Gasteiger charge is 2.15. The highest BCUT2D eigenvalue weighted by Crippen LogP contribution is 2.15. The number of benzene rings is 1. The van der Waals surface area contributed by atoms with Crippen LogP contribution >= 0.6 is 0 Å². The molecule has 0 radical (unpaired) electrons. The molecule has 1 aromatic rings. The fraction of sp³-hybridized carbons (Fsp3) is 0.588. The Morgan fingerprint density at radius 2 is 2.05 bits per heavy atom. The fourth-order valence-corrected chi connectivity index (χ4v) is 2.36. The molecule has 20 heavy (non-hydrogen) atoms. The van der Waals surface area contributed by atoms with Crippen molar-refractivity contribution in [2.24, 2.45) is 0 Å². The largest absolute Gasteiger partial charge is 0.376 e. The molecule has 1 heterocycles. The zero-order valence-corrected chi connectivity index (χ0v) is 12.4. The summed E-state index contributed by atoms with van der Waals surface area (Å²) in [5.41, 5.74) is 1.97. The SMILES string of the molecule is CC(C)c1ccc(C(=O)COCC2CCCCO2)cc1. The van der Waals surface area contributed by atoms with E-state index in [1.807, 2.05) is 24.3 Å². The lowest BCUT2D eigenvalue weighted by molar-refractivity contribution is -0.0370. The van der Waals surface area contributed by atoms with Crippen LogP contribution in [0.2, 0.25) is 0 Å². The Labute approximate surface area is 121 Å². The molecule has 110 valence electrons. The molecule has 1 fully saturated rings. The van der Waals surface area contributed by atoms with Crippen LogP contribution in [-0.2, 0) is 9.47 Å². The Morgan fingerprint density at radius 1 is 1.30 bits per heavy atom. The molecule has 3 nitrogen and oxygen atoms in total. The minimum atomic E-state index is 0.0381. The lowest BCUT2D eigenvalue weighted by atomic mass is 10.0. The predicted molar refractivity (Wildman–Crippen MR) is 79.3 cm³/mol. The van der Waals surface area contributed by atoms with Gasteiger partial charge in [-0.1, -0.05) is 38.1 Å². The number of ether oxygens (including phenoxy) is 2. The van der Waals surface area contributed by atoms with E-state index in [-0.39, 0.29) is 18.5 Å². The summed E-state index contributed by atoms with van der Waals surface area (Å²) in [6, 6.07) is 7.81. The summed E-state index contributed by atoms with van der Waals surface area (Å²) in [5, 5.41) is 0. The molecule has 0 aromatic heterocycles. The summed E-state index contributed by atoms with van der Waals surface area (Å²) >= 11 is 0. The number of rotatable bonds is 6. The van der Waals surface area contributed by atoms with Gasteiger partial charge in [-0.2, -0.15) is 0 Å². The van der Waals surface area contributed by atoms with Crippen LogP contribution in [0.25, 0.3) is 0 Å². The molecule has 1 aliphatic heterocycles. The van der Waals surface area contributed by atoms with Gasteiger partial charge in [0.15, 0.2) is 5.78 Å². The third-order valence-corrected chi connectivity index (χ3v) is 3.71. The first kappa shape index (κ1) is 15.2. The van der Waals surface area contributed by atoms with E-state index in [9.17, 15) is 4.79 Å². The van der Waals surface area contributed by atoms with E-state index in [2.05, 4.69) is 13.8 Å². The molecule has 1 atom stereocenters. The second kappa shape index (κ2) is 7.55. The standard InChI is InChI=1S/C17H24O3/c1-13(2)14-6-8-15(9-7-14)17(18)12-19-11-16-5-3-4-10-20-16/h6-9,13,16H,3-5,10-12H2,1-2H3. The van der Waals surface area contributed by atoms with E-state index in [1.54, 1.807) is 0 Å². The van der Waals surface area contributed by atoms with Gasteiger partial charge < -0.3 is 9.47 Å². The van der Waals surface area contributed by atoms with Crippen LogP contribution in [-0.4, -0.2) is 31.7 Å². The van der Waals surface area contributed by atoms with E-state index in [1.165, 1.54) is 12.0 Å². The summed E-state index contributed by atoms with van der Waals surface area (Å²) in [5.74, 6) is 0.523. The maximum atomic E-state index is 12.0. The van der Waals surface area contributed by atoms with Gasteiger partial charge in [0.25, 0.3) is 0 Å². The Bertz CT molecular complexity index is 416. The van der Waals surface area contributed by atoms with Gasteiger partial charge in [0.1, 0.15) is 6.61 Å². The van der Waals surface area contributed by atoms with Crippen molar-refractivity contribution in [1.82, 2.24) is 0 Å². The van der Waals surface area contributed by atoms with Crippen LogP contribution in [0.4, 0.5) is 0 Å². The van der Waals surface area contributed by atoms with Gasteiger partial charge in [0.05, 0.1) is 12.7 Å². The second-order valence-corrected chi connectivity index (χ2v) is 5.70. The number of carbonyl (C=O) groups is 1. The van der Waals surface area contributed by atoms with Crippen molar-refractivity contribution in [2.45, 2.75) is 45.1 Å². The maximum Gasteiger partial charge on any atom is 0.188 e. The highest BCUT2D eigenvalue weighted by molar-refractivity contribution is 5.97. The van der Waals surface area contributed by atoms with Crippen LogP contribution in [0.5, 0.6) is 0 Å². The first-order chi connectivity index (χ1) is 9.66. The van der Waals surface area contributed by atoms with Crippen molar-refractivity contribution in [3.05, 3.63) is 35.4 Å². The molecule has 1 aromatic carbocycles.